The minimum atomic E-state index is -3.85. The number of rotatable bonds is 8. The van der Waals surface area contributed by atoms with Crippen LogP contribution in [0.5, 0.6) is 11.6 Å². The molecule has 0 spiro atoms. The zero-order chi connectivity index (χ0) is 25.2. The Morgan fingerprint density at radius 1 is 1.17 bits per heavy atom. The summed E-state index contributed by atoms with van der Waals surface area (Å²) in [6.07, 6.45) is 6.66. The molecule has 184 valence electrons. The highest BCUT2D eigenvalue weighted by molar-refractivity contribution is 7.92. The van der Waals surface area contributed by atoms with Gasteiger partial charge < -0.3 is 9.30 Å². The van der Waals surface area contributed by atoms with Gasteiger partial charge in [-0.15, -0.1) is 0 Å². The summed E-state index contributed by atoms with van der Waals surface area (Å²) in [5.74, 6) is 0.148. The number of hydroxylamine groups is 1. The van der Waals surface area contributed by atoms with Crippen LogP contribution in [0.25, 0.3) is 11.1 Å². The quantitative estimate of drug-likeness (QED) is 0.356. The molecule has 2 aromatic heterocycles. The van der Waals surface area contributed by atoms with Crippen LogP contribution in [0, 0.1) is 0 Å². The summed E-state index contributed by atoms with van der Waals surface area (Å²) < 4.78 is 29.6. The maximum Gasteiger partial charge on any atom is 0.264 e. The van der Waals surface area contributed by atoms with Crippen LogP contribution in [0.2, 0.25) is 0 Å². The van der Waals surface area contributed by atoms with Crippen molar-refractivity contribution in [3.63, 3.8) is 0 Å². The Labute approximate surface area is 202 Å². The maximum absolute atomic E-state index is 12.7. The Kier molecular flexibility index (Phi) is 6.73. The first kappa shape index (κ1) is 24.6. The normalized spacial score (nSPS) is 14.7. The number of fused-ring (bicyclic) bond motifs is 1. The second kappa shape index (κ2) is 9.59. The molecule has 0 fully saturated rings. The van der Waals surface area contributed by atoms with Gasteiger partial charge in [-0.1, -0.05) is 12.1 Å². The molecule has 4 rings (SSSR count). The third kappa shape index (κ3) is 4.96. The molecule has 0 saturated carbocycles. The van der Waals surface area contributed by atoms with E-state index in [4.69, 9.17) is 9.94 Å². The Balaban J connectivity index is 1.48. The fourth-order valence-electron chi connectivity index (χ4n) is 4.04. The van der Waals surface area contributed by atoms with Gasteiger partial charge in [-0.3, -0.25) is 14.8 Å². The van der Waals surface area contributed by atoms with Crippen LogP contribution in [0.3, 0.4) is 0 Å². The number of hydrogen-bond donors (Lipinski definition) is 2. The van der Waals surface area contributed by atoms with Gasteiger partial charge in [0.1, 0.15) is 12.1 Å². The van der Waals surface area contributed by atoms with Crippen molar-refractivity contribution < 1.29 is 23.2 Å². The molecular weight excluding hydrogens is 472 g/mol. The van der Waals surface area contributed by atoms with Crippen LogP contribution in [0.4, 0.5) is 0 Å². The summed E-state index contributed by atoms with van der Waals surface area (Å²) >= 11 is 0. The van der Waals surface area contributed by atoms with E-state index in [0.717, 1.165) is 42.3 Å². The Morgan fingerprint density at radius 2 is 1.91 bits per heavy atom. The van der Waals surface area contributed by atoms with E-state index < -0.39 is 20.5 Å². The number of aryl methyl sites for hydroxylation is 2. The molecular formula is C24H26N4O6S. The standard InChI is InChI=1S/C24H26N4O6S/c1-24(23(30)27-31,35(2,32)33)11-13-28-12-10-17(14-21(28)29)16-6-8-18(9-7-16)34-22-19-4-3-5-20(19)25-15-26-22/h6-10,12,14-15,31H,3-5,11,13H2,1-2H3,(H,27,30)/t24-/m1/s1. The molecule has 35 heavy (non-hydrogen) atoms. The number of amides is 1. The van der Waals surface area contributed by atoms with Crippen LogP contribution < -0.4 is 15.8 Å². The number of aromatic nitrogens is 3. The van der Waals surface area contributed by atoms with Gasteiger partial charge in [0.15, 0.2) is 14.6 Å². The molecule has 11 heteroatoms. The second-order valence-corrected chi connectivity index (χ2v) is 11.2. The van der Waals surface area contributed by atoms with Gasteiger partial charge in [-0.05, 0) is 61.9 Å². The van der Waals surface area contributed by atoms with E-state index in [0.29, 0.717) is 17.2 Å². The van der Waals surface area contributed by atoms with Crippen molar-refractivity contribution in [1.29, 1.82) is 0 Å². The predicted octanol–water partition coefficient (Wildman–Crippen LogP) is 2.29. The first-order valence-corrected chi connectivity index (χ1v) is 13.0. The zero-order valence-corrected chi connectivity index (χ0v) is 20.2. The van der Waals surface area contributed by atoms with Gasteiger partial charge >= 0.3 is 0 Å². The molecule has 1 aliphatic carbocycles. The number of pyridine rings is 1. The monoisotopic (exact) mass is 498 g/mol. The number of benzene rings is 1. The van der Waals surface area contributed by atoms with Gasteiger partial charge in [0.05, 0.1) is 5.69 Å². The molecule has 2 heterocycles. The predicted molar refractivity (Wildman–Crippen MR) is 128 cm³/mol. The molecule has 2 N–H and O–H groups in total. The highest BCUT2D eigenvalue weighted by Crippen LogP contribution is 2.31. The average molecular weight is 499 g/mol. The van der Waals surface area contributed by atoms with E-state index >= 15 is 0 Å². The molecule has 0 radical (unpaired) electrons. The van der Waals surface area contributed by atoms with Crippen LogP contribution in [0.1, 0.15) is 31.0 Å². The van der Waals surface area contributed by atoms with Crippen LogP contribution in [-0.4, -0.2) is 45.1 Å². The highest BCUT2D eigenvalue weighted by atomic mass is 32.2. The Morgan fingerprint density at radius 3 is 2.57 bits per heavy atom. The average Bonchev–Trinajstić information content (AvgIpc) is 3.32. The number of nitrogens with zero attached hydrogens (tertiary/aromatic N) is 3. The molecule has 1 atom stereocenters. The van der Waals surface area contributed by atoms with Crippen LogP contribution >= 0.6 is 0 Å². The summed E-state index contributed by atoms with van der Waals surface area (Å²) in [6.45, 7) is 1.19. The van der Waals surface area contributed by atoms with Gasteiger partial charge in [-0.25, -0.2) is 23.9 Å². The number of ether oxygens (including phenoxy) is 1. The Bertz CT molecular complexity index is 1420. The molecule has 10 nitrogen and oxygen atoms in total. The number of carbonyl (C=O) groups is 1. The van der Waals surface area contributed by atoms with Gasteiger partial charge in [0.25, 0.3) is 11.5 Å². The lowest BCUT2D eigenvalue weighted by atomic mass is 10.1. The first-order chi connectivity index (χ1) is 16.6. The second-order valence-electron chi connectivity index (χ2n) is 8.73. The van der Waals surface area contributed by atoms with Crippen molar-refractivity contribution in [3.05, 3.63) is 70.5 Å². The number of nitrogens with one attached hydrogen (secondary N) is 1. The highest BCUT2D eigenvalue weighted by Gasteiger charge is 2.43. The fraction of sp³-hybridized carbons (Fsp3) is 0.333. The topological polar surface area (TPSA) is 140 Å². The lowest BCUT2D eigenvalue weighted by Gasteiger charge is -2.25. The van der Waals surface area contributed by atoms with Crippen molar-refractivity contribution in [3.8, 4) is 22.8 Å². The number of carbonyl (C=O) groups excluding carboxylic acids is 1. The van der Waals surface area contributed by atoms with Crippen LogP contribution in [0.15, 0.2) is 53.7 Å². The summed E-state index contributed by atoms with van der Waals surface area (Å²) in [4.78, 5) is 33.2. The number of sulfone groups is 1. The summed E-state index contributed by atoms with van der Waals surface area (Å²) in [5, 5.41) is 8.94. The summed E-state index contributed by atoms with van der Waals surface area (Å²) in [6, 6.07) is 10.4. The molecule has 1 aliphatic rings. The van der Waals surface area contributed by atoms with E-state index in [2.05, 4.69) is 9.97 Å². The molecule has 3 aromatic rings. The van der Waals surface area contributed by atoms with Crippen molar-refractivity contribution in [2.45, 2.75) is 43.9 Å². The van der Waals surface area contributed by atoms with Crippen molar-refractivity contribution in [1.82, 2.24) is 20.0 Å². The number of hydrogen-bond acceptors (Lipinski definition) is 8. The summed E-state index contributed by atoms with van der Waals surface area (Å²) in [7, 11) is -3.85. The van der Waals surface area contributed by atoms with Crippen molar-refractivity contribution in [2.24, 2.45) is 0 Å². The van der Waals surface area contributed by atoms with E-state index in [1.165, 1.54) is 29.4 Å². The van der Waals surface area contributed by atoms with E-state index in [-0.39, 0.29) is 18.5 Å². The van der Waals surface area contributed by atoms with Crippen molar-refractivity contribution >= 4 is 15.7 Å². The zero-order valence-electron chi connectivity index (χ0n) is 19.4. The molecule has 0 saturated heterocycles. The lowest BCUT2D eigenvalue weighted by molar-refractivity contribution is -0.131. The minimum Gasteiger partial charge on any atom is -0.439 e. The largest absolute Gasteiger partial charge is 0.439 e. The minimum absolute atomic E-state index is 0.0217. The Hall–Kier alpha value is -3.57. The van der Waals surface area contributed by atoms with E-state index in [1.807, 2.05) is 12.1 Å². The first-order valence-electron chi connectivity index (χ1n) is 11.1. The van der Waals surface area contributed by atoms with Crippen LogP contribution in [-0.2, 0) is 34.0 Å². The summed E-state index contributed by atoms with van der Waals surface area (Å²) in [5.41, 5.74) is 4.61. The van der Waals surface area contributed by atoms with E-state index in [1.54, 1.807) is 24.4 Å². The maximum atomic E-state index is 12.7. The molecule has 0 unspecified atom stereocenters. The third-order valence-corrected chi connectivity index (χ3v) is 8.49. The third-order valence-electron chi connectivity index (χ3n) is 6.46. The lowest BCUT2D eigenvalue weighted by Crippen LogP contribution is -2.49. The molecule has 1 aromatic carbocycles. The molecule has 0 aliphatic heterocycles. The fourth-order valence-corrected chi connectivity index (χ4v) is 4.88. The smallest absolute Gasteiger partial charge is 0.264 e. The van der Waals surface area contributed by atoms with Crippen molar-refractivity contribution in [2.75, 3.05) is 6.26 Å². The molecule has 1 amide bonds. The SMILES string of the molecule is C[C@@](CCn1ccc(-c2ccc(Oc3ncnc4c3CCC4)cc2)cc1=O)(C(=O)NO)S(C)(=O)=O. The van der Waals surface area contributed by atoms with Gasteiger partial charge in [0, 0.05) is 30.6 Å². The molecule has 0 bridgehead atoms. The van der Waals surface area contributed by atoms with Gasteiger partial charge in [-0.2, -0.15) is 0 Å². The van der Waals surface area contributed by atoms with E-state index in [9.17, 15) is 18.0 Å². The van der Waals surface area contributed by atoms with Gasteiger partial charge in [0.2, 0.25) is 5.88 Å².